The number of alkyl halides is 1. The highest BCUT2D eigenvalue weighted by Gasteiger charge is 2.26. The standard InChI is InChI=1S/C21H20F3N7/c1-12-6-14(16(23)7-15(12)22)19-10-27-20(21-26-4-5-30(19)21)29-13-8-28-31(11-13)18-2-3-25-9-17(18)24/h4-8,10-11,17-18,25H,2-3,9H2,1H3,(H,27,29)/t17-,18-/m1/s1. The number of imidazole rings is 1. The number of rotatable bonds is 4. The average molecular weight is 427 g/mol. The Labute approximate surface area is 175 Å². The number of fused-ring (bicyclic) bond motifs is 1. The molecule has 7 nitrogen and oxygen atoms in total. The lowest BCUT2D eigenvalue weighted by atomic mass is 10.1. The van der Waals surface area contributed by atoms with Gasteiger partial charge in [0, 0.05) is 36.8 Å². The number of piperidine rings is 1. The summed E-state index contributed by atoms with van der Waals surface area (Å²) in [5.74, 6) is -0.838. The first-order chi connectivity index (χ1) is 15.0. The second kappa shape index (κ2) is 7.69. The first kappa shape index (κ1) is 19.6. The Bertz CT molecular complexity index is 1250. The molecule has 0 radical (unpaired) electrons. The van der Waals surface area contributed by atoms with Crippen LogP contribution >= 0.6 is 0 Å². The molecule has 4 aromatic rings. The number of aromatic nitrogens is 5. The average Bonchev–Trinajstić information content (AvgIpc) is 3.42. The lowest BCUT2D eigenvalue weighted by molar-refractivity contribution is 0.173. The van der Waals surface area contributed by atoms with Crippen molar-refractivity contribution in [1.29, 1.82) is 0 Å². The van der Waals surface area contributed by atoms with Gasteiger partial charge in [0.25, 0.3) is 0 Å². The van der Waals surface area contributed by atoms with Crippen molar-refractivity contribution in [2.75, 3.05) is 18.4 Å². The molecule has 0 aliphatic carbocycles. The third-order valence-corrected chi connectivity index (χ3v) is 5.53. The van der Waals surface area contributed by atoms with Crippen molar-refractivity contribution < 1.29 is 13.2 Å². The van der Waals surface area contributed by atoms with Crippen LogP contribution in [-0.4, -0.2) is 43.4 Å². The van der Waals surface area contributed by atoms with E-state index in [1.54, 1.807) is 40.8 Å². The lowest BCUT2D eigenvalue weighted by Gasteiger charge is -2.26. The molecule has 1 saturated heterocycles. The lowest BCUT2D eigenvalue weighted by Crippen LogP contribution is -2.39. The maximum Gasteiger partial charge on any atom is 0.180 e. The zero-order valence-electron chi connectivity index (χ0n) is 16.7. The van der Waals surface area contributed by atoms with Crippen LogP contribution in [0.4, 0.5) is 24.7 Å². The molecule has 0 amide bonds. The minimum absolute atomic E-state index is 0.230. The summed E-state index contributed by atoms with van der Waals surface area (Å²) < 4.78 is 45.6. The van der Waals surface area contributed by atoms with Gasteiger partial charge in [-0.2, -0.15) is 5.10 Å². The van der Waals surface area contributed by atoms with Crippen LogP contribution in [0.2, 0.25) is 0 Å². The summed E-state index contributed by atoms with van der Waals surface area (Å²) in [6.07, 6.45) is 7.75. The number of hydrogen-bond donors (Lipinski definition) is 2. The van der Waals surface area contributed by atoms with Gasteiger partial charge in [0.1, 0.15) is 17.8 Å². The van der Waals surface area contributed by atoms with Gasteiger partial charge in [0.2, 0.25) is 0 Å². The van der Waals surface area contributed by atoms with E-state index in [0.29, 0.717) is 41.4 Å². The van der Waals surface area contributed by atoms with Gasteiger partial charge in [-0.25, -0.2) is 23.1 Å². The highest BCUT2D eigenvalue weighted by Crippen LogP contribution is 2.29. The summed E-state index contributed by atoms with van der Waals surface area (Å²) in [4.78, 5) is 8.73. The van der Waals surface area contributed by atoms with E-state index >= 15 is 0 Å². The van der Waals surface area contributed by atoms with Gasteiger partial charge in [0.15, 0.2) is 11.5 Å². The van der Waals surface area contributed by atoms with Crippen molar-refractivity contribution in [3.63, 3.8) is 0 Å². The predicted octanol–water partition coefficient (Wildman–Crippen LogP) is 3.80. The van der Waals surface area contributed by atoms with E-state index in [-0.39, 0.29) is 11.6 Å². The molecule has 0 spiro atoms. The maximum atomic E-state index is 14.4. The molecule has 2 N–H and O–H groups in total. The molecule has 1 fully saturated rings. The van der Waals surface area contributed by atoms with Crippen LogP contribution in [0.25, 0.3) is 16.9 Å². The fourth-order valence-corrected chi connectivity index (χ4v) is 3.89. The van der Waals surface area contributed by atoms with E-state index in [4.69, 9.17) is 0 Å². The van der Waals surface area contributed by atoms with Crippen LogP contribution in [0.15, 0.2) is 43.1 Å². The zero-order valence-corrected chi connectivity index (χ0v) is 16.7. The molecule has 5 rings (SSSR count). The highest BCUT2D eigenvalue weighted by atomic mass is 19.1. The van der Waals surface area contributed by atoms with Crippen molar-refractivity contribution in [3.8, 4) is 11.3 Å². The molecule has 1 aliphatic heterocycles. The van der Waals surface area contributed by atoms with Crippen LogP contribution in [0, 0.1) is 18.6 Å². The SMILES string of the molecule is Cc1cc(-c2cnc(Nc3cnn([C@@H]4CCNC[C@H]4F)c3)c3nccn23)c(F)cc1F. The third-order valence-electron chi connectivity index (χ3n) is 5.53. The number of nitrogens with one attached hydrogen (secondary N) is 2. The molecule has 2 atom stereocenters. The van der Waals surface area contributed by atoms with Gasteiger partial charge in [-0.15, -0.1) is 0 Å². The summed E-state index contributed by atoms with van der Waals surface area (Å²) in [6.45, 7) is 2.63. The van der Waals surface area contributed by atoms with Crippen LogP contribution in [0.3, 0.4) is 0 Å². The summed E-state index contributed by atoms with van der Waals surface area (Å²) in [6, 6.07) is 2.00. The number of nitrogens with zero attached hydrogens (tertiary/aromatic N) is 5. The van der Waals surface area contributed by atoms with Crippen molar-refractivity contribution in [2.24, 2.45) is 0 Å². The van der Waals surface area contributed by atoms with Gasteiger partial charge >= 0.3 is 0 Å². The normalized spacial score (nSPS) is 19.1. The van der Waals surface area contributed by atoms with Crippen molar-refractivity contribution in [1.82, 2.24) is 29.5 Å². The summed E-state index contributed by atoms with van der Waals surface area (Å²) >= 11 is 0. The molecule has 160 valence electrons. The maximum absolute atomic E-state index is 14.4. The zero-order chi connectivity index (χ0) is 21.5. The number of aryl methyl sites for hydroxylation is 1. The molecular formula is C21H20F3N7. The van der Waals surface area contributed by atoms with E-state index in [1.165, 1.54) is 12.3 Å². The van der Waals surface area contributed by atoms with Gasteiger partial charge in [-0.3, -0.25) is 9.08 Å². The fraction of sp³-hybridized carbons (Fsp3) is 0.286. The molecule has 1 aromatic carbocycles. The van der Waals surface area contributed by atoms with E-state index in [2.05, 4.69) is 25.7 Å². The number of anilines is 2. The fourth-order valence-electron chi connectivity index (χ4n) is 3.89. The number of benzene rings is 1. The molecule has 1 aliphatic rings. The summed E-state index contributed by atoms with van der Waals surface area (Å²) in [7, 11) is 0. The predicted molar refractivity (Wildman–Crippen MR) is 110 cm³/mol. The van der Waals surface area contributed by atoms with Crippen LogP contribution in [-0.2, 0) is 0 Å². The minimum Gasteiger partial charge on any atom is -0.335 e. The van der Waals surface area contributed by atoms with E-state index in [0.717, 1.165) is 12.6 Å². The van der Waals surface area contributed by atoms with Gasteiger partial charge < -0.3 is 10.6 Å². The minimum atomic E-state index is -1.01. The van der Waals surface area contributed by atoms with Crippen LogP contribution < -0.4 is 10.6 Å². The Hall–Kier alpha value is -3.40. The Balaban J connectivity index is 1.47. The van der Waals surface area contributed by atoms with Gasteiger partial charge in [-0.1, -0.05) is 0 Å². The van der Waals surface area contributed by atoms with E-state index < -0.39 is 17.8 Å². The van der Waals surface area contributed by atoms with Crippen molar-refractivity contribution in [2.45, 2.75) is 25.6 Å². The summed E-state index contributed by atoms with van der Waals surface area (Å²) in [5, 5.41) is 10.5. The topological polar surface area (TPSA) is 72.1 Å². The van der Waals surface area contributed by atoms with E-state index in [1.807, 2.05) is 0 Å². The Kier molecular flexibility index (Phi) is 4.85. The van der Waals surface area contributed by atoms with Crippen molar-refractivity contribution in [3.05, 3.63) is 60.3 Å². The molecule has 3 aromatic heterocycles. The molecule has 31 heavy (non-hydrogen) atoms. The van der Waals surface area contributed by atoms with Crippen LogP contribution in [0.1, 0.15) is 18.0 Å². The quantitative estimate of drug-likeness (QED) is 0.519. The van der Waals surface area contributed by atoms with Gasteiger partial charge in [-0.05, 0) is 31.5 Å². The Morgan fingerprint density at radius 2 is 2.03 bits per heavy atom. The molecule has 0 saturated carbocycles. The molecule has 0 unspecified atom stereocenters. The monoisotopic (exact) mass is 427 g/mol. The molecule has 4 heterocycles. The summed E-state index contributed by atoms with van der Waals surface area (Å²) in [5.41, 5.74) is 2.12. The number of halogens is 3. The van der Waals surface area contributed by atoms with E-state index in [9.17, 15) is 13.2 Å². The first-order valence-corrected chi connectivity index (χ1v) is 9.95. The first-order valence-electron chi connectivity index (χ1n) is 9.95. The Morgan fingerprint density at radius 3 is 2.87 bits per heavy atom. The molecule has 0 bridgehead atoms. The largest absolute Gasteiger partial charge is 0.335 e. The third kappa shape index (κ3) is 3.52. The van der Waals surface area contributed by atoms with Crippen molar-refractivity contribution >= 4 is 17.2 Å². The number of hydrogen-bond acceptors (Lipinski definition) is 5. The smallest absolute Gasteiger partial charge is 0.180 e. The second-order valence-electron chi connectivity index (χ2n) is 7.60. The van der Waals surface area contributed by atoms with Gasteiger partial charge in [0.05, 0.1) is 29.8 Å². The van der Waals surface area contributed by atoms with Crippen LogP contribution in [0.5, 0.6) is 0 Å². The molecule has 10 heteroatoms. The molecular weight excluding hydrogens is 407 g/mol. The highest BCUT2D eigenvalue weighted by molar-refractivity contribution is 5.74. The second-order valence-corrected chi connectivity index (χ2v) is 7.60. The Morgan fingerprint density at radius 1 is 1.16 bits per heavy atom.